The van der Waals surface area contributed by atoms with Crippen molar-refractivity contribution in [2.24, 2.45) is 51.8 Å². The molecule has 6 bridgehead atoms. The number of fused-ring (bicyclic) bond motifs is 3. The van der Waals surface area contributed by atoms with E-state index in [0.29, 0.717) is 35.5 Å². The van der Waals surface area contributed by atoms with Crippen molar-refractivity contribution in [2.45, 2.75) is 77.6 Å². The quantitative estimate of drug-likeness (QED) is 0.597. The van der Waals surface area contributed by atoms with E-state index >= 15 is 0 Å². The summed E-state index contributed by atoms with van der Waals surface area (Å²) in [6, 6.07) is 0. The number of rotatable bonds is 4. The lowest BCUT2D eigenvalue weighted by Gasteiger charge is -2.68. The number of aliphatic hydroxyl groups is 2. The smallest absolute Gasteiger partial charge is 0.312 e. The first kappa shape index (κ1) is 16.4. The maximum absolute atomic E-state index is 13.1. The van der Waals surface area contributed by atoms with E-state index in [1.54, 1.807) is 0 Å². The monoisotopic (exact) mass is 360 g/mol. The number of carbonyl (C=O) groups is 1. The van der Waals surface area contributed by atoms with Crippen molar-refractivity contribution in [3.8, 4) is 0 Å². The summed E-state index contributed by atoms with van der Waals surface area (Å²) in [6.07, 6.45) is 6.27. The molecule has 0 radical (unpaired) electrons. The molecule has 144 valence electrons. The van der Waals surface area contributed by atoms with E-state index in [-0.39, 0.29) is 22.4 Å². The molecular formula is C22H32O4. The summed E-state index contributed by atoms with van der Waals surface area (Å²) >= 11 is 0. The van der Waals surface area contributed by atoms with Crippen molar-refractivity contribution in [3.63, 3.8) is 0 Å². The van der Waals surface area contributed by atoms with Crippen molar-refractivity contribution < 1.29 is 19.7 Å². The van der Waals surface area contributed by atoms with Crippen LogP contribution in [-0.2, 0) is 9.53 Å². The minimum Gasteiger partial charge on any atom is -0.458 e. The Morgan fingerprint density at radius 2 is 1.85 bits per heavy atom. The van der Waals surface area contributed by atoms with Gasteiger partial charge in [0.1, 0.15) is 5.60 Å². The lowest BCUT2D eigenvalue weighted by molar-refractivity contribution is -0.304. The molecule has 6 rings (SSSR count). The normalized spacial score (nSPS) is 57.6. The molecule has 0 amide bonds. The van der Waals surface area contributed by atoms with Crippen molar-refractivity contribution >= 4 is 5.97 Å². The second-order valence-corrected chi connectivity index (χ2v) is 11.4. The van der Waals surface area contributed by atoms with Crippen LogP contribution in [0.15, 0.2) is 0 Å². The van der Waals surface area contributed by atoms with Gasteiger partial charge >= 0.3 is 5.97 Å². The molecule has 4 heteroatoms. The summed E-state index contributed by atoms with van der Waals surface area (Å²) in [4.78, 5) is 13.1. The molecule has 9 unspecified atom stereocenters. The van der Waals surface area contributed by atoms with Gasteiger partial charge in [-0.2, -0.15) is 0 Å². The Balaban J connectivity index is 1.48. The van der Waals surface area contributed by atoms with E-state index in [4.69, 9.17) is 4.74 Å². The van der Waals surface area contributed by atoms with Crippen LogP contribution >= 0.6 is 0 Å². The largest absolute Gasteiger partial charge is 0.458 e. The van der Waals surface area contributed by atoms with Crippen LogP contribution in [0.25, 0.3) is 0 Å². The number of hydrogen-bond acceptors (Lipinski definition) is 4. The first-order valence-corrected chi connectivity index (χ1v) is 10.8. The molecule has 6 aliphatic rings. The van der Waals surface area contributed by atoms with Crippen LogP contribution in [0.4, 0.5) is 0 Å². The molecule has 4 nitrogen and oxygen atoms in total. The van der Waals surface area contributed by atoms with Crippen molar-refractivity contribution in [1.29, 1.82) is 0 Å². The fraction of sp³-hybridized carbons (Fsp3) is 0.955. The molecule has 2 N–H and O–H groups in total. The zero-order valence-electron chi connectivity index (χ0n) is 16.2. The topological polar surface area (TPSA) is 66.8 Å². The molecule has 26 heavy (non-hydrogen) atoms. The maximum Gasteiger partial charge on any atom is 0.312 e. The highest BCUT2D eigenvalue weighted by molar-refractivity contribution is 5.76. The predicted octanol–water partition coefficient (Wildman–Crippen LogP) is 3.11. The van der Waals surface area contributed by atoms with Gasteiger partial charge in [-0.3, -0.25) is 4.79 Å². The van der Waals surface area contributed by atoms with E-state index in [1.165, 1.54) is 6.42 Å². The number of carbonyl (C=O) groups excluding carboxylic acids is 1. The third kappa shape index (κ3) is 1.37. The van der Waals surface area contributed by atoms with Gasteiger partial charge in [-0.15, -0.1) is 0 Å². The fourth-order valence-corrected chi connectivity index (χ4v) is 9.78. The Morgan fingerprint density at radius 3 is 2.54 bits per heavy atom. The average molecular weight is 360 g/mol. The number of hydrogen-bond donors (Lipinski definition) is 2. The molecule has 6 saturated carbocycles. The van der Waals surface area contributed by atoms with Crippen LogP contribution in [0.5, 0.6) is 0 Å². The zero-order valence-corrected chi connectivity index (χ0v) is 16.2. The Bertz CT molecular complexity index is 700. The predicted molar refractivity (Wildman–Crippen MR) is 94.6 cm³/mol. The zero-order chi connectivity index (χ0) is 18.3. The summed E-state index contributed by atoms with van der Waals surface area (Å²) < 4.78 is 6.56. The molecule has 0 saturated heterocycles. The highest BCUT2D eigenvalue weighted by Gasteiger charge is 2.91. The van der Waals surface area contributed by atoms with Gasteiger partial charge in [0.15, 0.2) is 6.29 Å². The van der Waals surface area contributed by atoms with E-state index in [2.05, 4.69) is 6.92 Å². The lowest BCUT2D eigenvalue weighted by Crippen LogP contribution is -2.68. The third-order valence-electron chi connectivity index (χ3n) is 10.5. The molecular weight excluding hydrogens is 328 g/mol. The summed E-state index contributed by atoms with van der Waals surface area (Å²) in [5.74, 6) is 2.82. The van der Waals surface area contributed by atoms with Crippen LogP contribution in [0.1, 0.15) is 65.7 Å². The Labute approximate surface area is 155 Å². The number of esters is 1. The number of aliphatic hydroxyl groups excluding tert-OH is 1. The highest BCUT2D eigenvalue weighted by Crippen LogP contribution is 2.92. The fourth-order valence-electron chi connectivity index (χ4n) is 9.78. The minimum absolute atomic E-state index is 0.0280. The second-order valence-electron chi connectivity index (χ2n) is 11.4. The molecule has 6 fully saturated rings. The van der Waals surface area contributed by atoms with Crippen LogP contribution in [-0.4, -0.2) is 28.1 Å². The lowest BCUT2D eigenvalue weighted by atomic mass is 9.36. The first-order valence-electron chi connectivity index (χ1n) is 10.8. The van der Waals surface area contributed by atoms with Gasteiger partial charge in [0.25, 0.3) is 0 Å². The maximum atomic E-state index is 13.1. The van der Waals surface area contributed by atoms with Crippen LogP contribution in [0, 0.1) is 51.8 Å². The van der Waals surface area contributed by atoms with Crippen molar-refractivity contribution in [3.05, 3.63) is 0 Å². The Kier molecular flexibility index (Phi) is 2.74. The minimum atomic E-state index is -1.20. The van der Waals surface area contributed by atoms with Crippen LogP contribution in [0.3, 0.4) is 0 Å². The van der Waals surface area contributed by atoms with Gasteiger partial charge in [0.2, 0.25) is 0 Å². The molecule has 0 aromatic heterocycles. The van der Waals surface area contributed by atoms with Gasteiger partial charge in [-0.05, 0) is 87.9 Å². The molecule has 0 aromatic rings. The summed E-state index contributed by atoms with van der Waals surface area (Å²) in [7, 11) is 0. The third-order valence-corrected chi connectivity index (χ3v) is 10.5. The molecule has 0 heterocycles. The van der Waals surface area contributed by atoms with Crippen molar-refractivity contribution in [1.82, 2.24) is 0 Å². The van der Waals surface area contributed by atoms with E-state index in [0.717, 1.165) is 38.5 Å². The first-order chi connectivity index (χ1) is 12.2. The standard InChI is InChI=1S/C22H32O4/c1-4-19(2,3)18(25)26-22-10-12-7-14-20(9-12)15(22)6-11-5-13(22)16(20)21(14,8-11)17(23)24/h11-17,23-24H,4-10H2,1-3H3. The molecule has 6 aliphatic carbocycles. The molecule has 9 atom stereocenters. The Hall–Kier alpha value is -0.610. The average Bonchev–Trinajstić information content (AvgIpc) is 2.75. The van der Waals surface area contributed by atoms with E-state index < -0.39 is 11.7 Å². The van der Waals surface area contributed by atoms with Crippen LogP contribution < -0.4 is 0 Å². The van der Waals surface area contributed by atoms with E-state index in [9.17, 15) is 15.0 Å². The van der Waals surface area contributed by atoms with E-state index in [1.807, 2.05) is 13.8 Å². The van der Waals surface area contributed by atoms with Gasteiger partial charge in [0.05, 0.1) is 5.41 Å². The summed E-state index contributed by atoms with van der Waals surface area (Å²) in [5, 5.41) is 21.0. The van der Waals surface area contributed by atoms with Crippen LogP contribution in [0.2, 0.25) is 0 Å². The van der Waals surface area contributed by atoms with Gasteiger partial charge in [0, 0.05) is 17.3 Å². The molecule has 1 spiro atoms. The number of ether oxygens (including phenoxy) is 1. The molecule has 0 aliphatic heterocycles. The van der Waals surface area contributed by atoms with Gasteiger partial charge in [-0.25, -0.2) is 0 Å². The molecule has 0 aromatic carbocycles. The SMILES string of the molecule is CCC(C)(C)C(=O)OC12CC3CC4C5(C(O)O)CC6CC1C5C4(C3)C2C6. The highest BCUT2D eigenvalue weighted by atomic mass is 16.6. The summed E-state index contributed by atoms with van der Waals surface area (Å²) in [5.41, 5.74) is -0.792. The summed E-state index contributed by atoms with van der Waals surface area (Å²) in [6.45, 7) is 6.06. The van der Waals surface area contributed by atoms with Gasteiger partial charge in [-0.1, -0.05) is 6.92 Å². The Morgan fingerprint density at radius 1 is 1.12 bits per heavy atom. The second kappa shape index (κ2) is 4.35. The van der Waals surface area contributed by atoms with Crippen molar-refractivity contribution in [2.75, 3.05) is 0 Å². The van der Waals surface area contributed by atoms with Gasteiger partial charge < -0.3 is 14.9 Å².